The molecule has 0 unspecified atom stereocenters. The van der Waals surface area contributed by atoms with Gasteiger partial charge in [0, 0.05) is 11.9 Å². The summed E-state index contributed by atoms with van der Waals surface area (Å²) in [6, 6.07) is 18.0. The Bertz CT molecular complexity index is 918. The summed E-state index contributed by atoms with van der Waals surface area (Å²) in [7, 11) is 1.65. The van der Waals surface area contributed by atoms with E-state index in [9.17, 15) is 5.26 Å². The molecule has 2 aromatic carbocycles. The molecule has 0 spiro atoms. The first-order valence-corrected chi connectivity index (χ1v) is 8.73. The molecule has 0 atom stereocenters. The summed E-state index contributed by atoms with van der Waals surface area (Å²) in [6.07, 6.45) is 1.93. The molecule has 0 aliphatic rings. The number of nitrogens with zero attached hydrogens (tertiary/aromatic N) is 2. The zero-order valence-corrected chi connectivity index (χ0v) is 14.4. The number of para-hydroxylation sites is 1. The third-order valence-corrected chi connectivity index (χ3v) is 4.45. The molecule has 3 aromatic rings. The van der Waals surface area contributed by atoms with Gasteiger partial charge in [-0.25, -0.2) is 4.98 Å². The molecule has 4 nitrogen and oxygen atoms in total. The van der Waals surface area contributed by atoms with Crippen LogP contribution >= 0.6 is 11.8 Å². The molecule has 0 radical (unpaired) electrons. The molecule has 0 amide bonds. The van der Waals surface area contributed by atoms with Crippen LogP contribution in [0.2, 0.25) is 0 Å². The van der Waals surface area contributed by atoms with E-state index in [0.29, 0.717) is 12.1 Å². The third kappa shape index (κ3) is 3.15. The number of thioether (sulfide) groups is 1. The number of hydrogen-bond donors (Lipinski definition) is 1. The number of methoxy groups -OCH3 is 1. The van der Waals surface area contributed by atoms with Crippen molar-refractivity contribution in [3.63, 3.8) is 0 Å². The van der Waals surface area contributed by atoms with Crippen molar-refractivity contribution in [1.82, 2.24) is 4.98 Å². The number of anilines is 1. The Morgan fingerprint density at radius 2 is 2.04 bits per heavy atom. The Labute approximate surface area is 145 Å². The molecular formula is C19H17N3OS. The molecule has 24 heavy (non-hydrogen) atoms. The SMILES string of the molecule is COc1cccc(CNc2c(C#N)c(SC)nc3ccccc23)c1. The van der Waals surface area contributed by atoms with Gasteiger partial charge >= 0.3 is 0 Å². The van der Waals surface area contributed by atoms with E-state index in [-0.39, 0.29) is 0 Å². The van der Waals surface area contributed by atoms with Crippen molar-refractivity contribution < 1.29 is 4.74 Å². The Hall–Kier alpha value is -2.71. The van der Waals surface area contributed by atoms with Gasteiger partial charge in [-0.15, -0.1) is 11.8 Å². The van der Waals surface area contributed by atoms with Crippen LogP contribution in [-0.4, -0.2) is 18.3 Å². The summed E-state index contributed by atoms with van der Waals surface area (Å²) in [5, 5.41) is 14.7. The van der Waals surface area contributed by atoms with Gasteiger partial charge in [-0.05, 0) is 30.0 Å². The van der Waals surface area contributed by atoms with Crippen molar-refractivity contribution in [3.8, 4) is 11.8 Å². The summed E-state index contributed by atoms with van der Waals surface area (Å²) in [4.78, 5) is 4.59. The van der Waals surface area contributed by atoms with Crippen LogP contribution in [0.5, 0.6) is 5.75 Å². The van der Waals surface area contributed by atoms with Crippen molar-refractivity contribution in [2.45, 2.75) is 11.6 Å². The topological polar surface area (TPSA) is 57.9 Å². The predicted octanol–water partition coefficient (Wildman–Crippen LogP) is 4.45. The van der Waals surface area contributed by atoms with Gasteiger partial charge in [-0.1, -0.05) is 30.3 Å². The molecule has 0 saturated heterocycles. The van der Waals surface area contributed by atoms with Crippen LogP contribution in [0.15, 0.2) is 53.6 Å². The van der Waals surface area contributed by atoms with Gasteiger partial charge in [0.2, 0.25) is 0 Å². The fourth-order valence-electron chi connectivity index (χ4n) is 2.60. The van der Waals surface area contributed by atoms with E-state index in [1.807, 2.05) is 54.8 Å². The molecule has 0 fully saturated rings. The van der Waals surface area contributed by atoms with Crippen LogP contribution in [0.3, 0.4) is 0 Å². The molecule has 120 valence electrons. The average Bonchev–Trinajstić information content (AvgIpc) is 2.65. The van der Waals surface area contributed by atoms with E-state index in [1.165, 1.54) is 11.8 Å². The van der Waals surface area contributed by atoms with Gasteiger partial charge in [0.15, 0.2) is 0 Å². The molecule has 0 aliphatic carbocycles. The number of rotatable bonds is 5. The molecule has 3 rings (SSSR count). The second kappa shape index (κ2) is 7.24. The first kappa shape index (κ1) is 16.2. The monoisotopic (exact) mass is 335 g/mol. The van der Waals surface area contributed by atoms with Crippen LogP contribution in [0.4, 0.5) is 5.69 Å². The highest BCUT2D eigenvalue weighted by molar-refractivity contribution is 7.98. The first-order valence-electron chi connectivity index (χ1n) is 7.50. The normalized spacial score (nSPS) is 10.4. The number of nitrogens with one attached hydrogen (secondary N) is 1. The van der Waals surface area contributed by atoms with Crippen LogP contribution < -0.4 is 10.1 Å². The highest BCUT2D eigenvalue weighted by atomic mass is 32.2. The van der Waals surface area contributed by atoms with Gasteiger partial charge in [-0.2, -0.15) is 5.26 Å². The quantitative estimate of drug-likeness (QED) is 0.698. The number of ether oxygens (including phenoxy) is 1. The standard InChI is InChI=1S/C19H17N3OS/c1-23-14-7-5-6-13(10-14)12-21-18-15-8-3-4-9-17(15)22-19(24-2)16(18)11-20/h3-10H,12H2,1-2H3,(H,21,22). The van der Waals surface area contributed by atoms with E-state index in [1.54, 1.807) is 7.11 Å². The lowest BCUT2D eigenvalue weighted by Gasteiger charge is -2.14. The minimum atomic E-state index is 0.587. The summed E-state index contributed by atoms with van der Waals surface area (Å²) in [5.41, 5.74) is 3.39. The van der Waals surface area contributed by atoms with E-state index in [0.717, 1.165) is 32.9 Å². The fourth-order valence-corrected chi connectivity index (χ4v) is 3.14. The highest BCUT2D eigenvalue weighted by Gasteiger charge is 2.14. The summed E-state index contributed by atoms with van der Waals surface area (Å²) < 4.78 is 5.27. The summed E-state index contributed by atoms with van der Waals surface area (Å²) in [5.74, 6) is 0.819. The maximum Gasteiger partial charge on any atom is 0.119 e. The van der Waals surface area contributed by atoms with Crippen molar-refractivity contribution >= 4 is 28.4 Å². The van der Waals surface area contributed by atoms with E-state index in [4.69, 9.17) is 4.74 Å². The number of fused-ring (bicyclic) bond motifs is 1. The number of hydrogen-bond acceptors (Lipinski definition) is 5. The van der Waals surface area contributed by atoms with Gasteiger partial charge in [0.25, 0.3) is 0 Å². The maximum absolute atomic E-state index is 9.61. The van der Waals surface area contributed by atoms with E-state index >= 15 is 0 Å². The Morgan fingerprint density at radius 3 is 2.79 bits per heavy atom. The number of benzene rings is 2. The van der Waals surface area contributed by atoms with Gasteiger partial charge in [0.1, 0.15) is 22.4 Å². The zero-order chi connectivity index (χ0) is 16.9. The fraction of sp³-hybridized carbons (Fsp3) is 0.158. The smallest absolute Gasteiger partial charge is 0.119 e. The van der Waals surface area contributed by atoms with Crippen LogP contribution in [0.1, 0.15) is 11.1 Å². The average molecular weight is 335 g/mol. The number of nitriles is 1. The summed E-state index contributed by atoms with van der Waals surface area (Å²) >= 11 is 1.48. The third-order valence-electron chi connectivity index (χ3n) is 3.77. The Kier molecular flexibility index (Phi) is 4.88. The van der Waals surface area contributed by atoms with E-state index in [2.05, 4.69) is 16.4 Å². The van der Waals surface area contributed by atoms with Crippen molar-refractivity contribution in [2.75, 3.05) is 18.7 Å². The molecule has 1 N–H and O–H groups in total. The highest BCUT2D eigenvalue weighted by Crippen LogP contribution is 2.32. The van der Waals surface area contributed by atoms with Crippen molar-refractivity contribution in [3.05, 3.63) is 59.7 Å². The molecule has 0 saturated carbocycles. The minimum Gasteiger partial charge on any atom is -0.497 e. The summed E-state index contributed by atoms with van der Waals surface area (Å²) in [6.45, 7) is 0.605. The lowest BCUT2D eigenvalue weighted by atomic mass is 10.1. The molecule has 1 heterocycles. The van der Waals surface area contributed by atoms with Crippen molar-refractivity contribution in [2.24, 2.45) is 0 Å². The Balaban J connectivity index is 2.02. The largest absolute Gasteiger partial charge is 0.497 e. The van der Waals surface area contributed by atoms with E-state index < -0.39 is 0 Å². The molecule has 0 aliphatic heterocycles. The first-order chi connectivity index (χ1) is 11.8. The van der Waals surface area contributed by atoms with Crippen LogP contribution in [0, 0.1) is 11.3 Å². The molecule has 5 heteroatoms. The second-order valence-electron chi connectivity index (χ2n) is 5.21. The van der Waals surface area contributed by atoms with Gasteiger partial charge in [0.05, 0.1) is 18.3 Å². The Morgan fingerprint density at radius 1 is 1.21 bits per heavy atom. The van der Waals surface area contributed by atoms with Gasteiger partial charge in [-0.3, -0.25) is 0 Å². The maximum atomic E-state index is 9.61. The molecule has 1 aromatic heterocycles. The minimum absolute atomic E-state index is 0.587. The zero-order valence-electron chi connectivity index (χ0n) is 13.5. The van der Waals surface area contributed by atoms with Crippen molar-refractivity contribution in [1.29, 1.82) is 5.26 Å². The lowest BCUT2D eigenvalue weighted by molar-refractivity contribution is 0.414. The van der Waals surface area contributed by atoms with Crippen LogP contribution in [-0.2, 0) is 6.54 Å². The predicted molar refractivity (Wildman–Crippen MR) is 98.6 cm³/mol. The van der Waals surface area contributed by atoms with Gasteiger partial charge < -0.3 is 10.1 Å². The number of pyridine rings is 1. The van der Waals surface area contributed by atoms with Crippen LogP contribution in [0.25, 0.3) is 10.9 Å². The second-order valence-corrected chi connectivity index (χ2v) is 6.00. The molecular weight excluding hydrogens is 318 g/mol. The molecule has 0 bridgehead atoms. The lowest BCUT2D eigenvalue weighted by Crippen LogP contribution is -2.04. The number of aromatic nitrogens is 1.